The number of fused-ring (bicyclic) bond motifs is 6. The van der Waals surface area contributed by atoms with Crippen molar-refractivity contribution in [1.29, 1.82) is 0 Å². The number of rotatable bonds is 17. The van der Waals surface area contributed by atoms with E-state index in [0.717, 1.165) is 84.2 Å². The minimum atomic E-state index is -0.600. The largest absolute Gasteiger partial charge is 0.310 e. The number of hydrogen-bond acceptors (Lipinski definition) is 2. The molecule has 112 heavy (non-hydrogen) atoms. The number of hydrogen-bond donors (Lipinski definition) is 0. The Morgan fingerprint density at radius 2 is 0.384 bits per heavy atom. The van der Waals surface area contributed by atoms with Gasteiger partial charge in [0.1, 0.15) is 0 Å². The summed E-state index contributed by atoms with van der Waals surface area (Å²) in [6.07, 6.45) is 0. The summed E-state index contributed by atoms with van der Waals surface area (Å²) in [7, 11) is 0. The van der Waals surface area contributed by atoms with E-state index in [1.165, 1.54) is 94.6 Å². The van der Waals surface area contributed by atoms with Gasteiger partial charge in [0.15, 0.2) is 0 Å². The second-order valence-electron chi connectivity index (χ2n) is 29.3. The molecule has 20 rings (SSSR count). The first kappa shape index (κ1) is 67.0. The lowest BCUT2D eigenvalue weighted by Gasteiger charge is -2.35. The van der Waals surface area contributed by atoms with Gasteiger partial charge in [-0.05, 0) is 224 Å². The molecule has 0 aliphatic heterocycles. The summed E-state index contributed by atoms with van der Waals surface area (Å²) in [5.74, 6) is 0. The minimum Gasteiger partial charge on any atom is -0.310 e. The molecule has 0 amide bonds. The number of benzene rings is 18. The summed E-state index contributed by atoms with van der Waals surface area (Å²) in [6.45, 7) is 0. The maximum atomic E-state index is 2.48. The Bertz CT molecular complexity index is 6360. The van der Waals surface area contributed by atoms with Crippen LogP contribution in [0.25, 0.3) is 100 Å². The van der Waals surface area contributed by atoms with E-state index in [-0.39, 0.29) is 0 Å². The molecule has 0 unspecified atom stereocenters. The zero-order valence-electron chi connectivity index (χ0n) is 61.8. The average Bonchev–Trinajstić information content (AvgIpc) is 1.54. The van der Waals surface area contributed by atoms with E-state index in [4.69, 9.17) is 0 Å². The SMILES string of the molecule is c1ccc(-c2cccc(-c3ccc(N(c4ccccc4)c4ccc5c(c4)C(c4ccccc4)(c4ccccc4)c4ccccc4-5)cc3-c3ccc(-c4ccc(N(c5ccc(-c6ccccc6-c6ccccc6)c(-c6ccccc6)c5)c5ccc6c(c5)C(c5ccccc5)(c5ccccc5)c5ccccc5-6)cc4)cc3)c2)cc1. The maximum absolute atomic E-state index is 2.48. The molecule has 18 aromatic carbocycles. The van der Waals surface area contributed by atoms with Crippen molar-refractivity contribution in [1.82, 2.24) is 0 Å². The second-order valence-corrected chi connectivity index (χ2v) is 29.3. The Hall–Kier alpha value is -14.4. The van der Waals surface area contributed by atoms with Gasteiger partial charge < -0.3 is 9.80 Å². The molecule has 0 saturated carbocycles. The Morgan fingerprint density at radius 3 is 0.848 bits per heavy atom. The van der Waals surface area contributed by atoms with Gasteiger partial charge in [-0.2, -0.15) is 0 Å². The molecule has 0 aromatic heterocycles. The molecular formula is C110H76N2. The lowest BCUT2D eigenvalue weighted by Crippen LogP contribution is -2.28. The number of para-hydroxylation sites is 1. The standard InChI is InChI=1S/C110H76N2/c1-9-32-77(33-10-1)83-38-31-39-84(72-83)96-68-64-91(111(89-48-23-8-24-49-89)93-66-70-101-99-52-27-29-54-105(99)109(107(101)75-93,85-40-15-4-16-41-85)86-42-17-5-18-43-86)73-103(96)82-58-56-78(57-59-82)79-60-62-90(63-61-79)112(92-65-69-98(104(74-92)81-36-13-3-14-37-81)97-51-26-25-50-95(97)80-34-11-2-12-35-80)94-67-71-102-100-53-28-30-55-106(100)110(108(102)76-94,87-44-19-6-20-45-87)88-46-21-7-22-47-88/h1-76H. The van der Waals surface area contributed by atoms with Crippen LogP contribution in [0.5, 0.6) is 0 Å². The molecule has 0 spiro atoms. The van der Waals surface area contributed by atoms with Crippen molar-refractivity contribution >= 4 is 34.1 Å². The van der Waals surface area contributed by atoms with Crippen LogP contribution in [0.2, 0.25) is 0 Å². The maximum Gasteiger partial charge on any atom is 0.0714 e. The molecule has 2 nitrogen and oxygen atoms in total. The van der Waals surface area contributed by atoms with Crippen LogP contribution in [0.15, 0.2) is 461 Å². The van der Waals surface area contributed by atoms with Gasteiger partial charge in [-0.3, -0.25) is 0 Å². The summed E-state index contributed by atoms with van der Waals surface area (Å²) in [5, 5.41) is 0. The zero-order valence-corrected chi connectivity index (χ0v) is 61.8. The van der Waals surface area contributed by atoms with Crippen LogP contribution < -0.4 is 9.80 Å². The van der Waals surface area contributed by atoms with Crippen molar-refractivity contribution in [2.24, 2.45) is 0 Å². The first-order valence-electron chi connectivity index (χ1n) is 38.8. The van der Waals surface area contributed by atoms with Gasteiger partial charge in [0, 0.05) is 34.1 Å². The monoisotopic (exact) mass is 1420 g/mol. The van der Waals surface area contributed by atoms with Crippen molar-refractivity contribution in [3.63, 3.8) is 0 Å². The van der Waals surface area contributed by atoms with Crippen molar-refractivity contribution in [3.05, 3.63) is 506 Å². The Kier molecular flexibility index (Phi) is 17.1. The van der Waals surface area contributed by atoms with Gasteiger partial charge in [0.2, 0.25) is 0 Å². The van der Waals surface area contributed by atoms with Crippen molar-refractivity contribution < 1.29 is 0 Å². The topological polar surface area (TPSA) is 6.48 Å². The molecule has 0 atom stereocenters. The van der Waals surface area contributed by atoms with Gasteiger partial charge in [0.05, 0.1) is 10.8 Å². The first-order chi connectivity index (χ1) is 55.6. The third-order valence-electron chi connectivity index (χ3n) is 23.3. The lowest BCUT2D eigenvalue weighted by atomic mass is 9.67. The summed E-state index contributed by atoms with van der Waals surface area (Å²) < 4.78 is 0. The first-order valence-corrected chi connectivity index (χ1v) is 38.8. The quantitative estimate of drug-likeness (QED) is 0.0896. The normalized spacial score (nSPS) is 12.6. The minimum absolute atomic E-state index is 0.571. The Morgan fingerprint density at radius 1 is 0.125 bits per heavy atom. The fourth-order valence-electron chi connectivity index (χ4n) is 18.3. The van der Waals surface area contributed by atoms with E-state index >= 15 is 0 Å². The molecule has 0 radical (unpaired) electrons. The van der Waals surface area contributed by atoms with Gasteiger partial charge in [0.25, 0.3) is 0 Å². The van der Waals surface area contributed by atoms with Crippen LogP contribution in [0.3, 0.4) is 0 Å². The summed E-state index contributed by atoms with van der Waals surface area (Å²) in [5.41, 5.74) is 36.3. The van der Waals surface area contributed by atoms with Crippen LogP contribution in [-0.2, 0) is 10.8 Å². The second kappa shape index (κ2) is 28.6. The highest BCUT2D eigenvalue weighted by Gasteiger charge is 2.48. The molecular weight excluding hydrogens is 1350 g/mol. The molecule has 0 fully saturated rings. The smallest absolute Gasteiger partial charge is 0.0714 e. The molecule has 2 heteroatoms. The van der Waals surface area contributed by atoms with E-state index < -0.39 is 10.8 Å². The third kappa shape index (κ3) is 11.5. The lowest BCUT2D eigenvalue weighted by molar-refractivity contribution is 0.768. The van der Waals surface area contributed by atoms with E-state index in [9.17, 15) is 0 Å². The summed E-state index contributed by atoms with van der Waals surface area (Å²) >= 11 is 0. The third-order valence-corrected chi connectivity index (χ3v) is 23.3. The average molecular weight is 1430 g/mol. The molecule has 0 saturated heterocycles. The Balaban J connectivity index is 0.729. The van der Waals surface area contributed by atoms with E-state index in [2.05, 4.69) is 471 Å². The molecule has 0 heterocycles. The predicted octanol–water partition coefficient (Wildman–Crippen LogP) is 29.0. The molecule has 526 valence electrons. The van der Waals surface area contributed by atoms with Gasteiger partial charge in [-0.15, -0.1) is 0 Å². The van der Waals surface area contributed by atoms with Crippen LogP contribution in [-0.4, -0.2) is 0 Å². The molecule has 0 N–H and O–H groups in total. The molecule has 18 aromatic rings. The molecule has 0 bridgehead atoms. The predicted molar refractivity (Wildman–Crippen MR) is 468 cm³/mol. The van der Waals surface area contributed by atoms with Crippen LogP contribution in [0.1, 0.15) is 44.5 Å². The summed E-state index contributed by atoms with van der Waals surface area (Å²) in [6, 6.07) is 171. The van der Waals surface area contributed by atoms with E-state index in [1.807, 2.05) is 0 Å². The molecule has 2 aliphatic rings. The van der Waals surface area contributed by atoms with Crippen LogP contribution in [0, 0.1) is 0 Å². The van der Waals surface area contributed by atoms with E-state index in [0.29, 0.717) is 0 Å². The highest BCUT2D eigenvalue weighted by atomic mass is 15.1. The van der Waals surface area contributed by atoms with E-state index in [1.54, 1.807) is 0 Å². The molecule has 2 aliphatic carbocycles. The van der Waals surface area contributed by atoms with Crippen molar-refractivity contribution in [2.75, 3.05) is 9.80 Å². The van der Waals surface area contributed by atoms with Crippen molar-refractivity contribution in [3.8, 4) is 100 Å². The van der Waals surface area contributed by atoms with Crippen LogP contribution >= 0.6 is 0 Å². The number of anilines is 6. The Labute approximate surface area is 656 Å². The zero-order chi connectivity index (χ0) is 74.4. The fraction of sp³-hybridized carbons (Fsp3) is 0.0182. The fourth-order valence-corrected chi connectivity index (χ4v) is 18.3. The summed E-state index contributed by atoms with van der Waals surface area (Å²) in [4.78, 5) is 4.92. The van der Waals surface area contributed by atoms with Gasteiger partial charge >= 0.3 is 0 Å². The van der Waals surface area contributed by atoms with Gasteiger partial charge in [-0.1, -0.05) is 382 Å². The van der Waals surface area contributed by atoms with Gasteiger partial charge in [-0.25, -0.2) is 0 Å². The highest BCUT2D eigenvalue weighted by Crippen LogP contribution is 2.60. The van der Waals surface area contributed by atoms with Crippen LogP contribution in [0.4, 0.5) is 34.1 Å². The number of nitrogens with zero attached hydrogens (tertiary/aromatic N) is 2. The highest BCUT2D eigenvalue weighted by molar-refractivity contribution is 5.98. The van der Waals surface area contributed by atoms with Crippen molar-refractivity contribution in [2.45, 2.75) is 10.8 Å².